The van der Waals surface area contributed by atoms with Crippen molar-refractivity contribution in [1.29, 1.82) is 0 Å². The number of primary amides is 1. The van der Waals surface area contributed by atoms with Crippen LogP contribution in [0.5, 0.6) is 0 Å². The van der Waals surface area contributed by atoms with Gasteiger partial charge in [-0.2, -0.15) is 0 Å². The van der Waals surface area contributed by atoms with Gasteiger partial charge in [-0.05, 0) is 132 Å². The highest BCUT2D eigenvalue weighted by Gasteiger charge is 2.23. The average molecular weight is 1030 g/mol. The van der Waals surface area contributed by atoms with Crippen molar-refractivity contribution in [1.82, 2.24) is 16.0 Å². The third kappa shape index (κ3) is 20.3. The number of allylic oxidation sites excluding steroid dienone is 4. The molecule has 4 aliphatic carbocycles. The highest BCUT2D eigenvalue weighted by Crippen LogP contribution is 2.39. The van der Waals surface area contributed by atoms with Crippen LogP contribution < -0.4 is 21.7 Å². The van der Waals surface area contributed by atoms with Crippen molar-refractivity contribution in [3.63, 3.8) is 0 Å². The molecule has 0 saturated carbocycles. The summed E-state index contributed by atoms with van der Waals surface area (Å²) >= 11 is 7.21. The topological polar surface area (TPSA) is 130 Å². The van der Waals surface area contributed by atoms with E-state index in [0.717, 1.165) is 142 Å². The molecule has 8 rings (SSSR count). The first-order valence-electron chi connectivity index (χ1n) is 25.3. The summed E-state index contributed by atoms with van der Waals surface area (Å²) in [6.07, 6.45) is 14.4. The number of unbranched alkanes of at least 4 members (excludes halogenated alkanes) is 1. The highest BCUT2D eigenvalue weighted by molar-refractivity contribution is 8.03. The Morgan fingerprint density at radius 3 is 1.06 bits per heavy atom. The van der Waals surface area contributed by atoms with Gasteiger partial charge < -0.3 is 21.7 Å². The standard InChI is InChI=1S/C17H23NOS.C15H19NOS.C14H17NOS.C13H15NOS/c1-2-3-12-18-17(19)15-10-7-11-16(15)20-13-14-8-5-4-6-9-14;1-2-16-15(17)13-9-6-10-14(13)18-11-12-7-4-3-5-8-12;1-15-14(16)12-8-5-9-13(12)17-10-11-6-3-2-4-7-11;14-13(15)11-7-4-8-12(11)16-9-10-5-2-1-3-6-10/h4-6,8-9H,2-3,7,10-13H2,1H3,(H,18,19);3-5,7-8H,2,6,9-11H2,1H3,(H,16,17);2-4,6-7H,5,8-10H2,1H3,(H,15,16);1-3,5-6H,4,7-9H2,(H2,14,15). The van der Waals surface area contributed by atoms with Gasteiger partial charge in [0.05, 0.1) is 0 Å². The molecule has 4 aromatic rings. The largest absolute Gasteiger partial charge is 0.366 e. The maximum atomic E-state index is 12.2. The first-order valence-corrected chi connectivity index (χ1v) is 29.3. The second kappa shape index (κ2) is 33.0. The van der Waals surface area contributed by atoms with Gasteiger partial charge >= 0.3 is 0 Å². The molecule has 5 N–H and O–H groups in total. The summed E-state index contributed by atoms with van der Waals surface area (Å²) < 4.78 is 0. The molecule has 4 aromatic carbocycles. The lowest BCUT2D eigenvalue weighted by atomic mass is 10.2. The molecule has 0 heterocycles. The molecule has 0 spiro atoms. The fraction of sp³-hybridized carbons (Fsp3) is 0.390. The van der Waals surface area contributed by atoms with Crippen LogP contribution in [0.4, 0.5) is 0 Å². The van der Waals surface area contributed by atoms with E-state index in [0.29, 0.717) is 6.54 Å². The first-order chi connectivity index (χ1) is 34.7. The Labute approximate surface area is 441 Å². The molecule has 0 saturated heterocycles. The minimum absolute atomic E-state index is 0.0954. The smallest absolute Gasteiger partial charge is 0.247 e. The molecule has 0 unspecified atom stereocenters. The Morgan fingerprint density at radius 2 is 0.746 bits per heavy atom. The van der Waals surface area contributed by atoms with E-state index in [1.807, 2.05) is 78.6 Å². The predicted octanol–water partition coefficient (Wildman–Crippen LogP) is 13.7. The summed E-state index contributed by atoms with van der Waals surface area (Å²) in [5, 5.41) is 8.67. The summed E-state index contributed by atoms with van der Waals surface area (Å²) in [6, 6.07) is 41.6. The van der Waals surface area contributed by atoms with E-state index < -0.39 is 0 Å². The minimum atomic E-state index is -0.243. The SMILES string of the molecule is CCCCNC(=O)C1=C(SCc2ccccc2)CCC1.CCNC(=O)C1=C(SCc2ccccc2)CCC1.CNC(=O)C1=C(SCc2ccccc2)CCC1.NC(=O)C1=C(SCc2ccccc2)CCC1. The monoisotopic (exact) mass is 1030 g/mol. The van der Waals surface area contributed by atoms with Gasteiger partial charge in [0.2, 0.25) is 23.6 Å². The van der Waals surface area contributed by atoms with Gasteiger partial charge in [-0.25, -0.2) is 0 Å². The first kappa shape index (κ1) is 57.0. The molecule has 12 heteroatoms. The van der Waals surface area contributed by atoms with Crippen molar-refractivity contribution in [2.45, 2.75) is 127 Å². The molecule has 378 valence electrons. The normalized spacial score (nSPS) is 15.0. The average Bonchev–Trinajstić information content (AvgIpc) is 4.27. The molecular formula is C59H74N4O4S4. The summed E-state index contributed by atoms with van der Waals surface area (Å²) in [5.41, 5.74) is 14.5. The van der Waals surface area contributed by atoms with E-state index in [1.165, 1.54) is 41.9 Å². The fourth-order valence-corrected chi connectivity index (χ4v) is 13.1. The molecule has 0 atom stereocenters. The second-order valence-corrected chi connectivity index (χ2v) is 21.8. The number of nitrogens with two attached hydrogens (primary N) is 1. The van der Waals surface area contributed by atoms with Crippen molar-refractivity contribution in [3.05, 3.63) is 185 Å². The van der Waals surface area contributed by atoms with Gasteiger partial charge in [0.1, 0.15) is 0 Å². The summed E-state index contributed by atoms with van der Waals surface area (Å²) in [6.45, 7) is 5.61. The van der Waals surface area contributed by atoms with Crippen LogP contribution in [-0.2, 0) is 42.2 Å². The number of benzene rings is 4. The van der Waals surface area contributed by atoms with Crippen LogP contribution in [0, 0.1) is 0 Å². The zero-order valence-corrected chi connectivity index (χ0v) is 45.3. The van der Waals surface area contributed by atoms with Crippen LogP contribution in [0.2, 0.25) is 0 Å². The molecule has 0 bridgehead atoms. The Morgan fingerprint density at radius 1 is 0.437 bits per heavy atom. The van der Waals surface area contributed by atoms with Crippen LogP contribution >= 0.6 is 47.0 Å². The van der Waals surface area contributed by atoms with Crippen LogP contribution in [0.25, 0.3) is 0 Å². The summed E-state index contributed by atoms with van der Waals surface area (Å²) in [7, 11) is 1.70. The third-order valence-electron chi connectivity index (χ3n) is 12.2. The molecule has 0 radical (unpaired) electrons. The molecule has 4 amide bonds. The van der Waals surface area contributed by atoms with Crippen LogP contribution in [0.3, 0.4) is 0 Å². The second-order valence-electron chi connectivity index (χ2n) is 17.5. The van der Waals surface area contributed by atoms with E-state index >= 15 is 0 Å². The van der Waals surface area contributed by atoms with Crippen molar-refractivity contribution in [3.8, 4) is 0 Å². The molecule has 71 heavy (non-hydrogen) atoms. The van der Waals surface area contributed by atoms with Crippen LogP contribution in [-0.4, -0.2) is 43.8 Å². The van der Waals surface area contributed by atoms with E-state index in [9.17, 15) is 19.2 Å². The summed E-state index contributed by atoms with van der Waals surface area (Å²) in [5.74, 6) is 3.94. The van der Waals surface area contributed by atoms with Gasteiger partial charge in [0, 0.05) is 65.4 Å². The molecule has 0 fully saturated rings. The predicted molar refractivity (Wildman–Crippen MR) is 304 cm³/mol. The lowest BCUT2D eigenvalue weighted by Gasteiger charge is -2.08. The van der Waals surface area contributed by atoms with E-state index in [2.05, 4.69) is 108 Å². The number of hydrogen-bond donors (Lipinski definition) is 4. The van der Waals surface area contributed by atoms with Gasteiger partial charge in [-0.1, -0.05) is 135 Å². The van der Waals surface area contributed by atoms with Gasteiger partial charge in [0.15, 0.2) is 0 Å². The fourth-order valence-electron chi connectivity index (χ4n) is 8.36. The number of thioether (sulfide) groups is 4. The highest BCUT2D eigenvalue weighted by atomic mass is 32.2. The zero-order chi connectivity index (χ0) is 50.5. The Hall–Kier alpha value is -4.88. The van der Waals surface area contributed by atoms with Crippen molar-refractivity contribution < 1.29 is 19.2 Å². The summed E-state index contributed by atoms with van der Waals surface area (Å²) in [4.78, 5) is 51.9. The third-order valence-corrected chi connectivity index (χ3v) is 17.3. The van der Waals surface area contributed by atoms with Crippen molar-refractivity contribution in [2.75, 3.05) is 20.1 Å². The number of carbonyl (C=O) groups is 4. The molecule has 0 aromatic heterocycles. The molecule has 4 aliphatic rings. The number of amides is 4. The number of nitrogens with one attached hydrogen (secondary N) is 3. The van der Waals surface area contributed by atoms with Gasteiger partial charge in [0.25, 0.3) is 0 Å². The zero-order valence-electron chi connectivity index (χ0n) is 42.0. The molecule has 8 nitrogen and oxygen atoms in total. The Bertz CT molecular complexity index is 2420. The van der Waals surface area contributed by atoms with Crippen molar-refractivity contribution >= 4 is 70.7 Å². The number of likely N-dealkylation sites (N-methyl/N-ethyl adjacent to an activating group) is 2. The molecular weight excluding hydrogens is 957 g/mol. The van der Waals surface area contributed by atoms with Crippen LogP contribution in [0.15, 0.2) is 163 Å². The van der Waals surface area contributed by atoms with E-state index in [-0.39, 0.29) is 23.6 Å². The van der Waals surface area contributed by atoms with E-state index in [1.54, 1.807) is 18.8 Å². The number of hydrogen-bond acceptors (Lipinski definition) is 8. The quantitative estimate of drug-likeness (QED) is 0.0644. The minimum Gasteiger partial charge on any atom is -0.366 e. The number of rotatable bonds is 20. The van der Waals surface area contributed by atoms with Gasteiger partial charge in [-0.15, -0.1) is 47.0 Å². The van der Waals surface area contributed by atoms with Crippen LogP contribution in [0.1, 0.15) is 126 Å². The number of carbonyl (C=O) groups excluding carboxylic acids is 4. The maximum Gasteiger partial charge on any atom is 0.247 e. The molecule has 0 aliphatic heterocycles. The van der Waals surface area contributed by atoms with E-state index in [4.69, 9.17) is 5.73 Å². The lowest BCUT2D eigenvalue weighted by molar-refractivity contribution is -0.118. The maximum absolute atomic E-state index is 12.2. The van der Waals surface area contributed by atoms with Gasteiger partial charge in [-0.3, -0.25) is 19.2 Å². The Balaban J connectivity index is 0.000000177. The lowest BCUT2D eigenvalue weighted by Crippen LogP contribution is -2.25. The Kier molecular flexibility index (Phi) is 26.5. The van der Waals surface area contributed by atoms with Crippen molar-refractivity contribution in [2.24, 2.45) is 5.73 Å².